The van der Waals surface area contributed by atoms with Crippen molar-refractivity contribution >= 4 is 24.1 Å². The van der Waals surface area contributed by atoms with Gasteiger partial charge >= 0.3 is 0 Å². The number of carboxylic acid groups (broad SMARTS) is 1. The number of nitrogens with two attached hydrogens (primary N) is 1. The number of nitrogen functional groups attached to an aromatic ring is 1. The maximum atomic E-state index is 13.4. The van der Waals surface area contributed by atoms with E-state index in [1.165, 1.54) is 0 Å². The standard InChI is InChI=1S/C20H24FN5O3.CH2O2/c1-28-15-4-2-3-14(9-15)10-20(18(27)25-5-7-29-8-6-25)12-26(13-20)19-23-11-16(21)17(22)24-19;2-1-3/h2-4,9,11H,5-8,10,12-13H2,1H3,(H2,22,23,24);1H,(H,2,3). The van der Waals surface area contributed by atoms with Crippen LogP contribution < -0.4 is 15.4 Å². The maximum Gasteiger partial charge on any atom is 0.290 e. The Bertz CT molecular complexity index is 948. The molecular weight excluding hydrogens is 421 g/mol. The van der Waals surface area contributed by atoms with Gasteiger partial charge < -0.3 is 30.1 Å². The molecule has 0 atom stereocenters. The molecule has 0 saturated carbocycles. The van der Waals surface area contributed by atoms with Crippen LogP contribution in [-0.2, 0) is 20.7 Å². The summed E-state index contributed by atoms with van der Waals surface area (Å²) in [6, 6.07) is 7.73. The lowest BCUT2D eigenvalue weighted by Gasteiger charge is -2.51. The highest BCUT2D eigenvalue weighted by Crippen LogP contribution is 2.39. The lowest BCUT2D eigenvalue weighted by molar-refractivity contribution is -0.148. The van der Waals surface area contributed by atoms with E-state index in [2.05, 4.69) is 9.97 Å². The zero-order valence-electron chi connectivity index (χ0n) is 17.7. The fraction of sp³-hybridized carbons (Fsp3) is 0.429. The third-order valence-electron chi connectivity index (χ3n) is 5.46. The number of halogens is 1. The lowest BCUT2D eigenvalue weighted by Crippen LogP contribution is -2.66. The number of morpholine rings is 1. The van der Waals surface area contributed by atoms with Gasteiger partial charge in [0.2, 0.25) is 11.9 Å². The lowest BCUT2D eigenvalue weighted by atomic mass is 9.73. The number of amides is 1. The molecule has 11 heteroatoms. The molecule has 2 saturated heterocycles. The Morgan fingerprint density at radius 1 is 1.38 bits per heavy atom. The average molecular weight is 447 g/mol. The zero-order chi connectivity index (χ0) is 23.1. The van der Waals surface area contributed by atoms with E-state index in [1.54, 1.807) is 7.11 Å². The fourth-order valence-corrected chi connectivity index (χ4v) is 3.95. The molecular formula is C21H26FN5O5. The van der Waals surface area contributed by atoms with E-state index < -0.39 is 11.2 Å². The molecule has 2 fully saturated rings. The van der Waals surface area contributed by atoms with Gasteiger partial charge in [-0.15, -0.1) is 0 Å². The first-order valence-corrected chi connectivity index (χ1v) is 10.0. The van der Waals surface area contributed by atoms with Gasteiger partial charge in [-0.05, 0) is 24.1 Å². The summed E-state index contributed by atoms with van der Waals surface area (Å²) in [6.45, 7) is 2.87. The molecule has 0 aliphatic carbocycles. The Morgan fingerprint density at radius 3 is 2.69 bits per heavy atom. The first-order chi connectivity index (χ1) is 15.4. The van der Waals surface area contributed by atoms with Crippen molar-refractivity contribution < 1.29 is 28.6 Å². The topological polar surface area (TPSA) is 131 Å². The minimum Gasteiger partial charge on any atom is -0.497 e. The summed E-state index contributed by atoms with van der Waals surface area (Å²) >= 11 is 0. The van der Waals surface area contributed by atoms with E-state index in [0.717, 1.165) is 17.5 Å². The first kappa shape index (κ1) is 23.2. The van der Waals surface area contributed by atoms with Gasteiger partial charge in [-0.1, -0.05) is 12.1 Å². The molecule has 0 bridgehead atoms. The Balaban J connectivity index is 0.000000913. The van der Waals surface area contributed by atoms with Gasteiger partial charge in [0, 0.05) is 26.2 Å². The monoisotopic (exact) mass is 447 g/mol. The maximum absolute atomic E-state index is 13.4. The number of hydrogen-bond acceptors (Lipinski definition) is 8. The number of hydrogen-bond donors (Lipinski definition) is 2. The number of ether oxygens (including phenoxy) is 2. The summed E-state index contributed by atoms with van der Waals surface area (Å²) in [5, 5.41) is 6.89. The van der Waals surface area contributed by atoms with Crippen LogP contribution in [0.1, 0.15) is 5.56 Å². The van der Waals surface area contributed by atoms with Gasteiger partial charge in [0.05, 0.1) is 31.9 Å². The number of methoxy groups -OCH3 is 1. The van der Waals surface area contributed by atoms with Crippen LogP contribution in [0.5, 0.6) is 5.75 Å². The van der Waals surface area contributed by atoms with Crippen LogP contribution in [0.3, 0.4) is 0 Å². The number of benzene rings is 1. The highest BCUT2D eigenvalue weighted by Gasteiger charge is 2.52. The third-order valence-corrected chi connectivity index (χ3v) is 5.46. The molecule has 2 aliphatic heterocycles. The van der Waals surface area contributed by atoms with Gasteiger partial charge in [-0.2, -0.15) is 4.98 Å². The predicted octanol–water partition coefficient (Wildman–Crippen LogP) is 0.815. The normalized spacial score (nSPS) is 16.9. The summed E-state index contributed by atoms with van der Waals surface area (Å²) < 4.78 is 24.1. The minimum absolute atomic E-state index is 0.0925. The molecule has 172 valence electrons. The van der Waals surface area contributed by atoms with Crippen molar-refractivity contribution in [1.29, 1.82) is 0 Å². The van der Waals surface area contributed by atoms with Crippen LogP contribution >= 0.6 is 0 Å². The summed E-state index contributed by atoms with van der Waals surface area (Å²) in [7, 11) is 1.62. The van der Waals surface area contributed by atoms with E-state index >= 15 is 0 Å². The summed E-state index contributed by atoms with van der Waals surface area (Å²) in [5.41, 5.74) is 5.99. The van der Waals surface area contributed by atoms with E-state index in [9.17, 15) is 9.18 Å². The molecule has 2 aromatic rings. The van der Waals surface area contributed by atoms with Crippen molar-refractivity contribution in [1.82, 2.24) is 14.9 Å². The van der Waals surface area contributed by atoms with Gasteiger partial charge in [-0.25, -0.2) is 9.37 Å². The van der Waals surface area contributed by atoms with Crippen LogP contribution in [0.15, 0.2) is 30.5 Å². The van der Waals surface area contributed by atoms with Crippen LogP contribution in [0.2, 0.25) is 0 Å². The summed E-state index contributed by atoms with van der Waals surface area (Å²) in [5.74, 6) is 0.332. The second-order valence-electron chi connectivity index (χ2n) is 7.58. The van der Waals surface area contributed by atoms with Crippen molar-refractivity contribution in [3.63, 3.8) is 0 Å². The van der Waals surface area contributed by atoms with E-state index in [4.69, 9.17) is 25.1 Å². The summed E-state index contributed by atoms with van der Waals surface area (Å²) in [4.78, 5) is 33.6. The second-order valence-corrected chi connectivity index (χ2v) is 7.58. The van der Waals surface area contributed by atoms with E-state index in [1.807, 2.05) is 34.1 Å². The molecule has 0 radical (unpaired) electrons. The summed E-state index contributed by atoms with van der Waals surface area (Å²) in [6.07, 6.45) is 1.62. The Hall–Kier alpha value is -3.47. The van der Waals surface area contributed by atoms with Crippen molar-refractivity contribution in [2.24, 2.45) is 5.41 Å². The molecule has 4 rings (SSSR count). The Morgan fingerprint density at radius 2 is 2.06 bits per heavy atom. The number of anilines is 2. The molecule has 0 unspecified atom stereocenters. The van der Waals surface area contributed by atoms with Crippen molar-refractivity contribution in [2.75, 3.05) is 57.1 Å². The molecule has 1 aromatic heterocycles. The zero-order valence-corrected chi connectivity index (χ0v) is 17.7. The molecule has 3 N–H and O–H groups in total. The Kier molecular flexibility index (Phi) is 7.41. The number of carbonyl (C=O) groups excluding carboxylic acids is 1. The minimum atomic E-state index is -0.652. The van der Waals surface area contributed by atoms with Crippen LogP contribution in [0.25, 0.3) is 0 Å². The van der Waals surface area contributed by atoms with Gasteiger partial charge in [0.1, 0.15) is 5.75 Å². The predicted molar refractivity (Wildman–Crippen MR) is 114 cm³/mol. The van der Waals surface area contributed by atoms with Crippen LogP contribution in [0, 0.1) is 11.2 Å². The Labute approximate surface area is 184 Å². The van der Waals surface area contributed by atoms with Gasteiger partial charge in [0.25, 0.3) is 6.47 Å². The second kappa shape index (κ2) is 10.2. The van der Waals surface area contributed by atoms with Crippen LogP contribution in [-0.4, -0.2) is 78.9 Å². The van der Waals surface area contributed by atoms with Crippen molar-refractivity contribution in [3.8, 4) is 5.75 Å². The highest BCUT2D eigenvalue weighted by atomic mass is 19.1. The van der Waals surface area contributed by atoms with E-state index in [0.29, 0.717) is 51.8 Å². The van der Waals surface area contributed by atoms with Gasteiger partial charge in [-0.3, -0.25) is 9.59 Å². The third kappa shape index (κ3) is 5.05. The van der Waals surface area contributed by atoms with Crippen molar-refractivity contribution in [3.05, 3.63) is 41.8 Å². The molecule has 2 aliphatic rings. The number of nitrogens with zero attached hydrogens (tertiary/aromatic N) is 4. The smallest absolute Gasteiger partial charge is 0.290 e. The highest BCUT2D eigenvalue weighted by molar-refractivity contribution is 5.86. The quantitative estimate of drug-likeness (QED) is 0.639. The number of rotatable bonds is 5. The molecule has 1 aromatic carbocycles. The molecule has 3 heterocycles. The molecule has 32 heavy (non-hydrogen) atoms. The first-order valence-electron chi connectivity index (χ1n) is 10.0. The number of aromatic nitrogens is 2. The fourth-order valence-electron chi connectivity index (χ4n) is 3.95. The number of carbonyl (C=O) groups is 2. The van der Waals surface area contributed by atoms with Crippen molar-refractivity contribution in [2.45, 2.75) is 6.42 Å². The van der Waals surface area contributed by atoms with Crippen LogP contribution in [0.4, 0.5) is 16.2 Å². The SMILES string of the molecule is COc1cccc(CC2(C(=O)N3CCOCC3)CN(c3ncc(F)c(N)n3)C2)c1.O=CO. The largest absolute Gasteiger partial charge is 0.497 e. The molecule has 10 nitrogen and oxygen atoms in total. The van der Waals surface area contributed by atoms with Gasteiger partial charge in [0.15, 0.2) is 11.6 Å². The average Bonchev–Trinajstić information content (AvgIpc) is 2.79. The molecule has 0 spiro atoms. The molecule has 1 amide bonds. The van der Waals surface area contributed by atoms with E-state index in [-0.39, 0.29) is 18.2 Å².